The number of nitrogens with zero attached hydrogens (tertiary/aromatic N) is 4. The fourth-order valence-corrected chi connectivity index (χ4v) is 3.45. The molecule has 24 heavy (non-hydrogen) atoms. The Kier molecular flexibility index (Phi) is 3.45. The normalized spacial score (nSPS) is 12.1. The van der Waals surface area contributed by atoms with Crippen LogP contribution in [0.5, 0.6) is 0 Å². The maximum Gasteiger partial charge on any atom is 0.183 e. The molecule has 4 heterocycles. The van der Waals surface area contributed by atoms with Crippen LogP contribution in [-0.2, 0) is 6.42 Å². The number of pyridine rings is 2. The molecular formula is C17H18N6S. The molecule has 0 aliphatic carbocycles. The van der Waals surface area contributed by atoms with Gasteiger partial charge in [-0.15, -0.1) is 0 Å². The number of H-pyrrole nitrogens is 1. The lowest BCUT2D eigenvalue weighted by Gasteiger charge is -2.16. The van der Waals surface area contributed by atoms with Crippen LogP contribution in [0.4, 0.5) is 11.5 Å². The van der Waals surface area contributed by atoms with E-state index in [0.717, 1.165) is 39.2 Å². The second-order valence-electron chi connectivity index (χ2n) is 7.04. The molecule has 4 rings (SSSR count). The number of fused-ring (bicyclic) bond motifs is 2. The average Bonchev–Trinajstić information content (AvgIpc) is 3.11. The summed E-state index contributed by atoms with van der Waals surface area (Å²) >= 11 is 1.49. The number of aromatic nitrogens is 5. The molecule has 0 spiro atoms. The molecule has 122 valence electrons. The molecule has 0 bridgehead atoms. The Morgan fingerprint density at radius 1 is 1.25 bits per heavy atom. The van der Waals surface area contributed by atoms with Gasteiger partial charge in [-0.05, 0) is 41.6 Å². The largest absolute Gasteiger partial charge is 0.339 e. The molecule has 0 fully saturated rings. The first kappa shape index (κ1) is 15.0. The molecule has 0 atom stereocenters. The number of hydrogen-bond donors (Lipinski definition) is 2. The van der Waals surface area contributed by atoms with E-state index in [2.05, 4.69) is 56.7 Å². The highest BCUT2D eigenvalue weighted by Gasteiger charge is 2.17. The van der Waals surface area contributed by atoms with Crippen LogP contribution in [0.25, 0.3) is 21.3 Å². The lowest BCUT2D eigenvalue weighted by atomic mass is 9.90. The van der Waals surface area contributed by atoms with E-state index in [0.29, 0.717) is 5.65 Å². The fourth-order valence-electron chi connectivity index (χ4n) is 2.65. The summed E-state index contributed by atoms with van der Waals surface area (Å²) in [5.74, 6) is 0.818. The minimum Gasteiger partial charge on any atom is -0.339 e. The molecule has 0 saturated carbocycles. The third-order valence-electron chi connectivity index (χ3n) is 3.68. The van der Waals surface area contributed by atoms with E-state index in [-0.39, 0.29) is 5.41 Å². The topological polar surface area (TPSA) is 79.4 Å². The van der Waals surface area contributed by atoms with E-state index in [9.17, 15) is 0 Å². The van der Waals surface area contributed by atoms with Crippen molar-refractivity contribution >= 4 is 44.3 Å². The van der Waals surface area contributed by atoms with Crippen LogP contribution in [0.1, 0.15) is 26.5 Å². The van der Waals surface area contributed by atoms with Crippen LogP contribution in [0, 0.1) is 5.41 Å². The Morgan fingerprint density at radius 2 is 2.12 bits per heavy atom. The summed E-state index contributed by atoms with van der Waals surface area (Å²) in [6, 6.07) is 5.95. The summed E-state index contributed by atoms with van der Waals surface area (Å²) in [5, 5.41) is 11.5. The van der Waals surface area contributed by atoms with Crippen molar-refractivity contribution in [3.05, 3.63) is 36.3 Å². The summed E-state index contributed by atoms with van der Waals surface area (Å²) in [6.07, 6.45) is 4.49. The molecule has 0 aliphatic heterocycles. The standard InChI is InChI=1S/C17H18N6S/c1-17(2,3)8-12-14-13(24-23-12)7-10(9-19-14)20-16-11-5-4-6-18-15(11)21-22-16/h4-7,9H,8H2,1-3H3,(H2,18,20,21,22). The van der Waals surface area contributed by atoms with Gasteiger partial charge in [-0.2, -0.15) is 9.47 Å². The first-order valence-electron chi connectivity index (χ1n) is 7.80. The zero-order chi connectivity index (χ0) is 16.7. The van der Waals surface area contributed by atoms with Crippen molar-refractivity contribution in [3.63, 3.8) is 0 Å². The Labute approximate surface area is 143 Å². The van der Waals surface area contributed by atoms with Gasteiger partial charge in [0.2, 0.25) is 0 Å². The van der Waals surface area contributed by atoms with Gasteiger partial charge >= 0.3 is 0 Å². The highest BCUT2D eigenvalue weighted by atomic mass is 32.1. The molecular weight excluding hydrogens is 320 g/mol. The van der Waals surface area contributed by atoms with E-state index < -0.39 is 0 Å². The van der Waals surface area contributed by atoms with Crippen LogP contribution in [0.15, 0.2) is 30.6 Å². The zero-order valence-electron chi connectivity index (χ0n) is 13.8. The fraction of sp³-hybridized carbons (Fsp3) is 0.294. The highest BCUT2D eigenvalue weighted by Crippen LogP contribution is 2.30. The van der Waals surface area contributed by atoms with Crippen LogP contribution in [0.2, 0.25) is 0 Å². The van der Waals surface area contributed by atoms with Crippen molar-refractivity contribution in [1.82, 2.24) is 24.5 Å². The molecule has 0 unspecified atom stereocenters. The van der Waals surface area contributed by atoms with Crippen molar-refractivity contribution in [2.45, 2.75) is 27.2 Å². The molecule has 0 amide bonds. The quantitative estimate of drug-likeness (QED) is 0.582. The van der Waals surface area contributed by atoms with Gasteiger partial charge in [0.25, 0.3) is 0 Å². The smallest absolute Gasteiger partial charge is 0.183 e. The Bertz CT molecular complexity index is 1010. The summed E-state index contributed by atoms with van der Waals surface area (Å²) in [4.78, 5) is 8.85. The molecule has 6 nitrogen and oxygen atoms in total. The van der Waals surface area contributed by atoms with Gasteiger partial charge in [-0.3, -0.25) is 10.1 Å². The third-order valence-corrected chi connectivity index (χ3v) is 4.50. The number of aromatic amines is 1. The van der Waals surface area contributed by atoms with Gasteiger partial charge in [-0.1, -0.05) is 20.8 Å². The Hall–Kier alpha value is -2.54. The summed E-state index contributed by atoms with van der Waals surface area (Å²) in [5.41, 5.74) is 3.87. The Morgan fingerprint density at radius 3 is 2.96 bits per heavy atom. The lowest BCUT2D eigenvalue weighted by molar-refractivity contribution is 0.409. The van der Waals surface area contributed by atoms with E-state index in [4.69, 9.17) is 0 Å². The van der Waals surface area contributed by atoms with E-state index in [1.165, 1.54) is 11.5 Å². The summed E-state index contributed by atoms with van der Waals surface area (Å²) < 4.78 is 5.67. The Balaban J connectivity index is 1.66. The zero-order valence-corrected chi connectivity index (χ0v) is 14.6. The molecule has 0 aliphatic rings. The van der Waals surface area contributed by atoms with Crippen molar-refractivity contribution in [1.29, 1.82) is 0 Å². The first-order chi connectivity index (χ1) is 11.5. The second-order valence-corrected chi connectivity index (χ2v) is 7.84. The maximum absolute atomic E-state index is 4.62. The molecule has 2 N–H and O–H groups in total. The minimum absolute atomic E-state index is 0.196. The van der Waals surface area contributed by atoms with E-state index >= 15 is 0 Å². The predicted octanol–water partition coefficient (Wildman–Crippen LogP) is 4.29. The van der Waals surface area contributed by atoms with Crippen LogP contribution in [-0.4, -0.2) is 24.5 Å². The van der Waals surface area contributed by atoms with E-state index in [1.54, 1.807) is 6.20 Å². The number of anilines is 2. The van der Waals surface area contributed by atoms with Gasteiger partial charge in [0.05, 0.1) is 27.7 Å². The predicted molar refractivity (Wildman–Crippen MR) is 97.7 cm³/mol. The number of hydrogen-bond acceptors (Lipinski definition) is 6. The van der Waals surface area contributed by atoms with Crippen molar-refractivity contribution in [2.24, 2.45) is 5.41 Å². The summed E-state index contributed by atoms with van der Waals surface area (Å²) in [6.45, 7) is 6.64. The van der Waals surface area contributed by atoms with Crippen LogP contribution >= 0.6 is 11.5 Å². The highest BCUT2D eigenvalue weighted by molar-refractivity contribution is 7.13. The molecule has 0 saturated heterocycles. The molecule has 4 aromatic rings. The van der Waals surface area contributed by atoms with Gasteiger partial charge in [-0.25, -0.2) is 4.98 Å². The molecule has 7 heteroatoms. The van der Waals surface area contributed by atoms with Gasteiger partial charge < -0.3 is 5.32 Å². The van der Waals surface area contributed by atoms with Crippen molar-refractivity contribution < 1.29 is 0 Å². The second kappa shape index (κ2) is 5.52. The lowest BCUT2D eigenvalue weighted by Crippen LogP contribution is -2.09. The van der Waals surface area contributed by atoms with E-state index in [1.807, 2.05) is 18.3 Å². The van der Waals surface area contributed by atoms with Gasteiger partial charge in [0, 0.05) is 6.20 Å². The third kappa shape index (κ3) is 2.82. The van der Waals surface area contributed by atoms with Crippen molar-refractivity contribution in [3.8, 4) is 0 Å². The first-order valence-corrected chi connectivity index (χ1v) is 8.57. The SMILES string of the molecule is CC(C)(C)Cc1nsc2cc(Nc3[nH]nc4ncccc34)cnc12. The van der Waals surface area contributed by atoms with Crippen LogP contribution < -0.4 is 5.32 Å². The minimum atomic E-state index is 0.196. The molecule has 0 aromatic carbocycles. The molecule has 4 aromatic heterocycles. The van der Waals surface area contributed by atoms with Crippen molar-refractivity contribution in [2.75, 3.05) is 5.32 Å². The average molecular weight is 338 g/mol. The number of rotatable bonds is 3. The molecule has 0 radical (unpaired) electrons. The van der Waals surface area contributed by atoms with Crippen LogP contribution in [0.3, 0.4) is 0 Å². The number of nitrogens with one attached hydrogen (secondary N) is 2. The monoisotopic (exact) mass is 338 g/mol. The maximum atomic E-state index is 4.62. The summed E-state index contributed by atoms with van der Waals surface area (Å²) in [7, 11) is 0. The van der Waals surface area contributed by atoms with Gasteiger partial charge in [0.1, 0.15) is 11.3 Å². The van der Waals surface area contributed by atoms with Gasteiger partial charge in [0.15, 0.2) is 5.65 Å².